The van der Waals surface area contributed by atoms with Crippen LogP contribution in [0, 0.1) is 0 Å². The fourth-order valence-corrected chi connectivity index (χ4v) is 2.44. The Morgan fingerprint density at radius 1 is 1.05 bits per heavy atom. The lowest BCUT2D eigenvalue weighted by Gasteiger charge is -2.28. The van der Waals surface area contributed by atoms with Crippen LogP contribution in [-0.4, -0.2) is 20.5 Å². The highest BCUT2D eigenvalue weighted by atomic mass is 14.8. The van der Waals surface area contributed by atoms with Gasteiger partial charge in [-0.2, -0.15) is 0 Å². The van der Waals surface area contributed by atoms with Crippen LogP contribution in [0.4, 0.5) is 0 Å². The number of hydrogen-bond acceptors (Lipinski definition) is 5. The SMILES string of the molecule is CC(C)(N)C(N)c1cc(-c2ccncc2)nc2cnccc12. The van der Waals surface area contributed by atoms with Crippen LogP contribution in [0.3, 0.4) is 0 Å². The number of aromatic nitrogens is 3. The van der Waals surface area contributed by atoms with Crippen molar-refractivity contribution in [1.82, 2.24) is 15.0 Å². The Hall–Kier alpha value is -2.37. The molecule has 3 rings (SSSR count). The maximum atomic E-state index is 6.40. The van der Waals surface area contributed by atoms with Crippen molar-refractivity contribution in [2.45, 2.75) is 25.4 Å². The molecule has 0 fully saturated rings. The van der Waals surface area contributed by atoms with Crippen molar-refractivity contribution in [3.05, 3.63) is 54.6 Å². The Balaban J connectivity index is 2.26. The van der Waals surface area contributed by atoms with E-state index >= 15 is 0 Å². The third-order valence-electron chi connectivity index (χ3n) is 3.76. The van der Waals surface area contributed by atoms with Crippen molar-refractivity contribution < 1.29 is 0 Å². The van der Waals surface area contributed by atoms with Gasteiger partial charge < -0.3 is 11.5 Å². The third-order valence-corrected chi connectivity index (χ3v) is 3.76. The molecule has 3 aromatic heterocycles. The van der Waals surface area contributed by atoms with Crippen LogP contribution >= 0.6 is 0 Å². The van der Waals surface area contributed by atoms with Gasteiger partial charge in [-0.25, -0.2) is 4.98 Å². The first kappa shape index (κ1) is 14.6. The van der Waals surface area contributed by atoms with E-state index in [2.05, 4.69) is 15.0 Å². The van der Waals surface area contributed by atoms with Crippen LogP contribution < -0.4 is 11.5 Å². The lowest BCUT2D eigenvalue weighted by molar-refractivity contribution is 0.422. The van der Waals surface area contributed by atoms with Gasteiger partial charge in [-0.1, -0.05) is 0 Å². The maximum absolute atomic E-state index is 6.40. The van der Waals surface area contributed by atoms with Crippen molar-refractivity contribution in [3.63, 3.8) is 0 Å². The zero-order valence-corrected chi connectivity index (χ0v) is 12.7. The molecule has 5 nitrogen and oxygen atoms in total. The molecule has 0 aliphatic rings. The van der Waals surface area contributed by atoms with Crippen LogP contribution in [0.15, 0.2) is 49.1 Å². The normalized spacial score (nSPS) is 13.3. The van der Waals surface area contributed by atoms with E-state index in [1.54, 1.807) is 24.8 Å². The summed E-state index contributed by atoms with van der Waals surface area (Å²) >= 11 is 0. The van der Waals surface area contributed by atoms with E-state index in [1.165, 1.54) is 0 Å². The summed E-state index contributed by atoms with van der Waals surface area (Å²) in [6.45, 7) is 3.86. The highest BCUT2D eigenvalue weighted by Crippen LogP contribution is 2.30. The maximum Gasteiger partial charge on any atom is 0.0896 e. The zero-order valence-electron chi connectivity index (χ0n) is 12.7. The highest BCUT2D eigenvalue weighted by Gasteiger charge is 2.25. The predicted octanol–water partition coefficient (Wildman–Crippen LogP) is 2.43. The predicted molar refractivity (Wildman–Crippen MR) is 88.0 cm³/mol. The van der Waals surface area contributed by atoms with E-state index in [0.29, 0.717) is 0 Å². The Bertz CT molecular complexity index is 793. The Labute approximate surface area is 129 Å². The molecule has 0 aliphatic heterocycles. The minimum Gasteiger partial charge on any atom is -0.324 e. The van der Waals surface area contributed by atoms with Gasteiger partial charge in [0.2, 0.25) is 0 Å². The molecular formula is C17H19N5. The Morgan fingerprint density at radius 3 is 2.41 bits per heavy atom. The summed E-state index contributed by atoms with van der Waals surface area (Å²) in [5, 5.41) is 0.985. The van der Waals surface area contributed by atoms with Gasteiger partial charge in [-0.15, -0.1) is 0 Å². The second-order valence-corrected chi connectivity index (χ2v) is 6.02. The molecule has 4 N–H and O–H groups in total. The van der Waals surface area contributed by atoms with Crippen molar-refractivity contribution in [2.75, 3.05) is 0 Å². The first-order valence-corrected chi connectivity index (χ1v) is 7.16. The van der Waals surface area contributed by atoms with Crippen molar-refractivity contribution >= 4 is 10.9 Å². The molecule has 0 saturated heterocycles. The average molecular weight is 293 g/mol. The molecule has 0 saturated carbocycles. The fourth-order valence-electron chi connectivity index (χ4n) is 2.44. The largest absolute Gasteiger partial charge is 0.324 e. The summed E-state index contributed by atoms with van der Waals surface area (Å²) in [6.07, 6.45) is 6.99. The fraction of sp³-hybridized carbons (Fsp3) is 0.235. The van der Waals surface area contributed by atoms with Crippen molar-refractivity contribution in [2.24, 2.45) is 11.5 Å². The number of pyridine rings is 3. The van der Waals surface area contributed by atoms with Crippen LogP contribution in [0.5, 0.6) is 0 Å². The number of nitrogens with zero attached hydrogens (tertiary/aromatic N) is 3. The molecule has 1 atom stereocenters. The van der Waals surface area contributed by atoms with Crippen LogP contribution in [0.2, 0.25) is 0 Å². The molecule has 0 spiro atoms. The second kappa shape index (κ2) is 5.44. The van der Waals surface area contributed by atoms with Crippen molar-refractivity contribution in [1.29, 1.82) is 0 Å². The van der Waals surface area contributed by atoms with Crippen molar-refractivity contribution in [3.8, 4) is 11.3 Å². The summed E-state index contributed by atoms with van der Waals surface area (Å²) in [5.41, 5.74) is 15.7. The van der Waals surface area contributed by atoms with Gasteiger partial charge in [0.05, 0.1) is 17.4 Å². The van der Waals surface area contributed by atoms with E-state index in [9.17, 15) is 0 Å². The van der Waals surface area contributed by atoms with Gasteiger partial charge in [0.15, 0.2) is 0 Å². The van der Waals surface area contributed by atoms with Crippen LogP contribution in [-0.2, 0) is 0 Å². The van der Waals surface area contributed by atoms with Crippen LogP contribution in [0.1, 0.15) is 25.5 Å². The van der Waals surface area contributed by atoms with Gasteiger partial charge in [0, 0.05) is 41.1 Å². The minimum absolute atomic E-state index is 0.305. The first-order valence-electron chi connectivity index (χ1n) is 7.16. The molecule has 0 aliphatic carbocycles. The summed E-state index contributed by atoms with van der Waals surface area (Å²) in [6, 6.07) is 7.48. The number of hydrogen-bond donors (Lipinski definition) is 2. The molecule has 0 amide bonds. The standard InChI is InChI=1S/C17H19N5/c1-17(2,19)16(18)13-9-14(11-3-6-20-7-4-11)22-15-10-21-8-5-12(13)15/h3-10,16H,18-19H2,1-2H3. The molecule has 5 heteroatoms. The van der Waals surface area contributed by atoms with E-state index in [4.69, 9.17) is 11.5 Å². The molecule has 0 bridgehead atoms. The van der Waals surface area contributed by atoms with Gasteiger partial charge in [0.25, 0.3) is 0 Å². The zero-order chi connectivity index (χ0) is 15.7. The molecule has 112 valence electrons. The van der Waals surface area contributed by atoms with E-state index < -0.39 is 5.54 Å². The Kier molecular flexibility index (Phi) is 3.60. The Morgan fingerprint density at radius 2 is 1.73 bits per heavy atom. The molecule has 22 heavy (non-hydrogen) atoms. The molecule has 0 aromatic carbocycles. The van der Waals surface area contributed by atoms with Gasteiger partial charge >= 0.3 is 0 Å². The van der Waals surface area contributed by atoms with E-state index in [-0.39, 0.29) is 6.04 Å². The number of nitrogens with two attached hydrogens (primary N) is 2. The second-order valence-electron chi connectivity index (χ2n) is 6.02. The minimum atomic E-state index is -0.535. The summed E-state index contributed by atoms with van der Waals surface area (Å²) in [7, 11) is 0. The molecule has 1 unspecified atom stereocenters. The monoisotopic (exact) mass is 293 g/mol. The van der Waals surface area contributed by atoms with Gasteiger partial charge in [-0.3, -0.25) is 9.97 Å². The van der Waals surface area contributed by atoms with E-state index in [0.717, 1.165) is 27.7 Å². The van der Waals surface area contributed by atoms with E-state index in [1.807, 2.05) is 38.1 Å². The molecule has 3 heterocycles. The molecule has 0 radical (unpaired) electrons. The lowest BCUT2D eigenvalue weighted by atomic mass is 9.88. The van der Waals surface area contributed by atoms with Crippen LogP contribution in [0.25, 0.3) is 22.2 Å². The molecular weight excluding hydrogens is 274 g/mol. The van der Waals surface area contributed by atoms with Gasteiger partial charge in [0.1, 0.15) is 0 Å². The van der Waals surface area contributed by atoms with Gasteiger partial charge in [-0.05, 0) is 43.7 Å². The average Bonchev–Trinajstić information content (AvgIpc) is 2.53. The summed E-state index contributed by atoms with van der Waals surface area (Å²) in [4.78, 5) is 12.9. The number of fused-ring (bicyclic) bond motifs is 1. The highest BCUT2D eigenvalue weighted by molar-refractivity contribution is 5.85. The summed E-state index contributed by atoms with van der Waals surface area (Å²) < 4.78 is 0. The smallest absolute Gasteiger partial charge is 0.0896 e. The first-order chi connectivity index (χ1) is 10.5. The third kappa shape index (κ3) is 2.68. The summed E-state index contributed by atoms with van der Waals surface area (Å²) in [5.74, 6) is 0. The molecule has 3 aromatic rings. The number of rotatable bonds is 3. The lowest BCUT2D eigenvalue weighted by Crippen LogP contribution is -2.43. The quantitative estimate of drug-likeness (QED) is 0.774. The topological polar surface area (TPSA) is 90.7 Å².